The molecule has 2 aromatic carbocycles. The van der Waals surface area contributed by atoms with Crippen molar-refractivity contribution in [1.82, 2.24) is 4.31 Å². The van der Waals surface area contributed by atoms with Crippen molar-refractivity contribution in [2.24, 2.45) is 5.92 Å². The van der Waals surface area contributed by atoms with Gasteiger partial charge < -0.3 is 14.8 Å². The number of carbonyl (C=O) groups is 1. The standard InChI is InChI=1S/C20H22Cl2N2O5S/c1-28-15-4-6-18(29-2)17(12-15)23-20(25)13-7-9-24(10-8-13)30(26,27)19-11-14(21)3-5-16(19)22/h3-6,11-13H,7-10H2,1-2H3,(H,23,25). The number of nitrogens with zero attached hydrogens (tertiary/aromatic N) is 1. The Morgan fingerprint density at radius 3 is 2.40 bits per heavy atom. The first-order valence-electron chi connectivity index (χ1n) is 9.24. The number of sulfonamides is 1. The predicted octanol–water partition coefficient (Wildman–Crippen LogP) is 4.05. The molecule has 0 unspecified atom stereocenters. The summed E-state index contributed by atoms with van der Waals surface area (Å²) in [5.74, 6) is 0.576. The Bertz CT molecular complexity index is 1040. The van der Waals surface area contributed by atoms with Crippen LogP contribution in [0.3, 0.4) is 0 Å². The summed E-state index contributed by atoms with van der Waals surface area (Å²) in [5.41, 5.74) is 0.502. The number of ether oxygens (including phenoxy) is 2. The Kier molecular flexibility index (Phi) is 7.13. The molecule has 1 N–H and O–H groups in total. The second kappa shape index (κ2) is 9.43. The average Bonchev–Trinajstić information content (AvgIpc) is 2.75. The lowest BCUT2D eigenvalue weighted by atomic mass is 9.97. The Labute approximate surface area is 185 Å². The van der Waals surface area contributed by atoms with E-state index < -0.39 is 10.0 Å². The monoisotopic (exact) mass is 472 g/mol. The van der Waals surface area contributed by atoms with E-state index in [2.05, 4.69) is 5.32 Å². The van der Waals surface area contributed by atoms with Crippen LogP contribution in [0.15, 0.2) is 41.3 Å². The van der Waals surface area contributed by atoms with Crippen molar-refractivity contribution >= 4 is 44.8 Å². The van der Waals surface area contributed by atoms with Gasteiger partial charge in [-0.3, -0.25) is 4.79 Å². The lowest BCUT2D eigenvalue weighted by Crippen LogP contribution is -2.41. The molecule has 1 saturated heterocycles. The summed E-state index contributed by atoms with van der Waals surface area (Å²) in [5, 5.41) is 3.26. The quantitative estimate of drug-likeness (QED) is 0.685. The van der Waals surface area contributed by atoms with Crippen molar-refractivity contribution in [3.63, 3.8) is 0 Å². The molecule has 0 bridgehead atoms. The number of amides is 1. The van der Waals surface area contributed by atoms with Gasteiger partial charge in [-0.25, -0.2) is 8.42 Å². The van der Waals surface area contributed by atoms with Crippen LogP contribution in [0.25, 0.3) is 0 Å². The average molecular weight is 473 g/mol. The second-order valence-electron chi connectivity index (χ2n) is 6.81. The molecule has 0 saturated carbocycles. The van der Waals surface area contributed by atoms with Gasteiger partial charge >= 0.3 is 0 Å². The molecule has 162 valence electrons. The molecular weight excluding hydrogens is 451 g/mol. The molecule has 1 aliphatic heterocycles. The van der Waals surface area contributed by atoms with Crippen molar-refractivity contribution in [2.75, 3.05) is 32.6 Å². The fourth-order valence-electron chi connectivity index (χ4n) is 3.32. The largest absolute Gasteiger partial charge is 0.497 e. The lowest BCUT2D eigenvalue weighted by molar-refractivity contribution is -0.120. The third-order valence-electron chi connectivity index (χ3n) is 5.00. The van der Waals surface area contributed by atoms with E-state index in [-0.39, 0.29) is 34.8 Å². The summed E-state index contributed by atoms with van der Waals surface area (Å²) in [6.07, 6.45) is 0.769. The maximum Gasteiger partial charge on any atom is 0.244 e. The normalized spacial score (nSPS) is 15.6. The second-order valence-corrected chi connectivity index (χ2v) is 9.56. The summed E-state index contributed by atoms with van der Waals surface area (Å²) in [6.45, 7) is 0.414. The number of piperidine rings is 1. The van der Waals surface area contributed by atoms with Crippen molar-refractivity contribution in [3.8, 4) is 11.5 Å². The number of anilines is 1. The van der Waals surface area contributed by atoms with Gasteiger partial charge in [0.1, 0.15) is 16.4 Å². The summed E-state index contributed by atoms with van der Waals surface area (Å²) in [7, 11) is -0.741. The molecule has 1 fully saturated rings. The molecule has 0 spiro atoms. The van der Waals surface area contributed by atoms with Crippen molar-refractivity contribution < 1.29 is 22.7 Å². The molecule has 7 nitrogen and oxygen atoms in total. The van der Waals surface area contributed by atoms with Gasteiger partial charge in [-0.05, 0) is 43.2 Å². The smallest absolute Gasteiger partial charge is 0.244 e. The number of nitrogens with one attached hydrogen (secondary N) is 1. The molecule has 0 aromatic heterocycles. The maximum absolute atomic E-state index is 12.9. The number of benzene rings is 2. The summed E-state index contributed by atoms with van der Waals surface area (Å²) >= 11 is 12.0. The van der Waals surface area contributed by atoms with Crippen LogP contribution in [0.1, 0.15) is 12.8 Å². The minimum atomic E-state index is -3.79. The number of methoxy groups -OCH3 is 2. The first-order valence-corrected chi connectivity index (χ1v) is 11.4. The Morgan fingerprint density at radius 1 is 1.07 bits per heavy atom. The topological polar surface area (TPSA) is 84.9 Å². The highest BCUT2D eigenvalue weighted by atomic mass is 35.5. The first-order chi connectivity index (χ1) is 14.3. The molecule has 30 heavy (non-hydrogen) atoms. The Hall–Kier alpha value is -2.00. The Balaban J connectivity index is 1.68. The van der Waals surface area contributed by atoms with Crippen LogP contribution in [0.2, 0.25) is 10.0 Å². The molecule has 0 atom stereocenters. The SMILES string of the molecule is COc1ccc(OC)c(NC(=O)C2CCN(S(=O)(=O)c3cc(Cl)ccc3Cl)CC2)c1. The molecule has 2 aromatic rings. The third kappa shape index (κ3) is 4.83. The third-order valence-corrected chi connectivity index (χ3v) is 7.62. The molecule has 0 radical (unpaired) electrons. The van der Waals surface area contributed by atoms with Crippen LogP contribution in [-0.4, -0.2) is 45.9 Å². The molecule has 10 heteroatoms. The van der Waals surface area contributed by atoms with Gasteiger partial charge in [-0.15, -0.1) is 0 Å². The van der Waals surface area contributed by atoms with Gasteiger partial charge in [0.05, 0.1) is 24.9 Å². The van der Waals surface area contributed by atoms with E-state index in [4.69, 9.17) is 32.7 Å². The lowest BCUT2D eigenvalue weighted by Gasteiger charge is -2.31. The number of hydrogen-bond donors (Lipinski definition) is 1. The van der Waals surface area contributed by atoms with Gasteiger partial charge in [-0.2, -0.15) is 4.31 Å². The van der Waals surface area contributed by atoms with E-state index in [1.54, 1.807) is 18.2 Å². The van der Waals surface area contributed by atoms with Gasteiger partial charge in [0, 0.05) is 30.1 Å². The van der Waals surface area contributed by atoms with E-state index in [1.165, 1.54) is 36.7 Å². The van der Waals surface area contributed by atoms with Crippen molar-refractivity contribution in [1.29, 1.82) is 0 Å². The highest BCUT2D eigenvalue weighted by Crippen LogP contribution is 2.32. The maximum atomic E-state index is 12.9. The van der Waals surface area contributed by atoms with E-state index in [0.29, 0.717) is 35.1 Å². The van der Waals surface area contributed by atoms with Gasteiger partial charge in [0.15, 0.2) is 0 Å². The fraction of sp³-hybridized carbons (Fsp3) is 0.350. The molecular formula is C20H22Cl2N2O5S. The number of halogens is 2. The van der Waals surface area contributed by atoms with Gasteiger partial charge in [-0.1, -0.05) is 23.2 Å². The number of carbonyl (C=O) groups excluding carboxylic acids is 1. The van der Waals surface area contributed by atoms with Crippen LogP contribution in [0.5, 0.6) is 11.5 Å². The van der Waals surface area contributed by atoms with E-state index >= 15 is 0 Å². The zero-order valence-corrected chi connectivity index (χ0v) is 18.9. The molecule has 1 amide bonds. The van der Waals surface area contributed by atoms with E-state index in [0.717, 1.165) is 0 Å². The number of hydrogen-bond acceptors (Lipinski definition) is 5. The van der Waals surface area contributed by atoms with Crippen LogP contribution in [-0.2, 0) is 14.8 Å². The molecule has 1 heterocycles. The summed E-state index contributed by atoms with van der Waals surface area (Å²) in [4.78, 5) is 12.7. The summed E-state index contributed by atoms with van der Waals surface area (Å²) in [6, 6.07) is 9.45. The molecule has 3 rings (SSSR count). The van der Waals surface area contributed by atoms with Crippen LogP contribution in [0, 0.1) is 5.92 Å². The minimum absolute atomic E-state index is 0.0271. The van der Waals surface area contributed by atoms with Crippen LogP contribution in [0.4, 0.5) is 5.69 Å². The van der Waals surface area contributed by atoms with Gasteiger partial charge in [0.25, 0.3) is 0 Å². The zero-order chi connectivity index (χ0) is 21.9. The zero-order valence-electron chi connectivity index (χ0n) is 16.5. The summed E-state index contributed by atoms with van der Waals surface area (Å²) < 4.78 is 37.7. The highest BCUT2D eigenvalue weighted by molar-refractivity contribution is 7.89. The minimum Gasteiger partial charge on any atom is -0.497 e. The molecule has 0 aliphatic carbocycles. The van der Waals surface area contributed by atoms with E-state index in [9.17, 15) is 13.2 Å². The molecule has 1 aliphatic rings. The number of rotatable bonds is 6. The van der Waals surface area contributed by atoms with E-state index in [1.807, 2.05) is 0 Å². The van der Waals surface area contributed by atoms with Gasteiger partial charge in [0.2, 0.25) is 15.9 Å². The Morgan fingerprint density at radius 2 is 1.77 bits per heavy atom. The van der Waals surface area contributed by atoms with Crippen molar-refractivity contribution in [2.45, 2.75) is 17.7 Å². The first kappa shape index (κ1) is 22.7. The van der Waals surface area contributed by atoms with Crippen LogP contribution >= 0.6 is 23.2 Å². The van der Waals surface area contributed by atoms with Crippen molar-refractivity contribution in [3.05, 3.63) is 46.4 Å². The predicted molar refractivity (Wildman–Crippen MR) is 116 cm³/mol. The fourth-order valence-corrected chi connectivity index (χ4v) is 5.53. The van der Waals surface area contributed by atoms with Crippen LogP contribution < -0.4 is 14.8 Å². The highest BCUT2D eigenvalue weighted by Gasteiger charge is 2.33.